The molecule has 5 rings (SSSR count). The van der Waals surface area contributed by atoms with Crippen molar-refractivity contribution < 1.29 is 17.9 Å². The fourth-order valence-corrected chi connectivity index (χ4v) is 6.40. The summed E-state index contributed by atoms with van der Waals surface area (Å²) in [6.07, 6.45) is 2.83. The zero-order chi connectivity index (χ0) is 25.8. The molecule has 0 bridgehead atoms. The van der Waals surface area contributed by atoms with Gasteiger partial charge in [-0.25, -0.2) is 8.42 Å². The van der Waals surface area contributed by atoms with Crippen LogP contribution in [-0.4, -0.2) is 45.0 Å². The van der Waals surface area contributed by atoms with Gasteiger partial charge in [-0.2, -0.15) is 0 Å². The second-order valence-electron chi connectivity index (χ2n) is 9.80. The van der Waals surface area contributed by atoms with E-state index in [2.05, 4.69) is 22.3 Å². The molecular weight excluding hydrogens is 486 g/mol. The molecule has 0 aliphatic carbocycles. The molecule has 1 N–H and O–H groups in total. The Bertz CT molecular complexity index is 1350. The lowest BCUT2D eigenvalue weighted by Gasteiger charge is -2.34. The van der Waals surface area contributed by atoms with Crippen molar-refractivity contribution in [1.29, 1.82) is 0 Å². The summed E-state index contributed by atoms with van der Waals surface area (Å²) in [5.74, 6) is 0.0214. The number of nitrogens with zero attached hydrogens (tertiary/aromatic N) is 2. The number of fused-ring (bicyclic) bond motifs is 1. The molecule has 0 unspecified atom stereocenters. The largest absolute Gasteiger partial charge is 0.476 e. The lowest BCUT2D eigenvalue weighted by molar-refractivity contribution is -0.127. The van der Waals surface area contributed by atoms with Gasteiger partial charge in [-0.1, -0.05) is 60.5 Å². The first kappa shape index (κ1) is 25.3. The van der Waals surface area contributed by atoms with Crippen molar-refractivity contribution in [2.75, 3.05) is 23.9 Å². The molecule has 1 atom stereocenters. The van der Waals surface area contributed by atoms with E-state index in [0.29, 0.717) is 18.0 Å². The monoisotopic (exact) mass is 519 g/mol. The van der Waals surface area contributed by atoms with Crippen LogP contribution in [0.25, 0.3) is 0 Å². The molecule has 1 saturated heterocycles. The van der Waals surface area contributed by atoms with Gasteiger partial charge in [0.15, 0.2) is 6.10 Å². The van der Waals surface area contributed by atoms with Crippen LogP contribution in [0.3, 0.4) is 0 Å². The van der Waals surface area contributed by atoms with Crippen molar-refractivity contribution in [3.05, 3.63) is 89.5 Å². The molecule has 7 nitrogen and oxygen atoms in total. The maximum Gasteiger partial charge on any atom is 0.264 e. The summed E-state index contributed by atoms with van der Waals surface area (Å²) in [6, 6.07) is 21.9. The quantitative estimate of drug-likeness (QED) is 0.505. The van der Waals surface area contributed by atoms with Crippen molar-refractivity contribution in [2.24, 2.45) is 0 Å². The Morgan fingerprint density at radius 2 is 1.68 bits per heavy atom. The lowest BCUT2D eigenvalue weighted by Crippen LogP contribution is -2.50. The zero-order valence-corrected chi connectivity index (χ0v) is 21.9. The van der Waals surface area contributed by atoms with E-state index < -0.39 is 16.1 Å². The van der Waals surface area contributed by atoms with E-state index in [1.54, 1.807) is 48.5 Å². The Hall–Kier alpha value is -3.36. The molecule has 0 aromatic heterocycles. The number of carbonyl (C=O) groups excluding carboxylic acids is 1. The number of hydrogen-bond donors (Lipinski definition) is 1. The van der Waals surface area contributed by atoms with Gasteiger partial charge in [0.25, 0.3) is 15.9 Å². The van der Waals surface area contributed by atoms with E-state index >= 15 is 0 Å². The molecular formula is C29H33N3O4S. The molecule has 2 aliphatic rings. The number of hydrogen-bond acceptors (Lipinski definition) is 5. The summed E-state index contributed by atoms with van der Waals surface area (Å²) in [4.78, 5) is 15.8. The molecule has 3 aromatic rings. The molecule has 1 fully saturated rings. The van der Waals surface area contributed by atoms with Gasteiger partial charge in [0.2, 0.25) is 0 Å². The highest BCUT2D eigenvalue weighted by Crippen LogP contribution is 2.36. The molecule has 8 heteroatoms. The van der Waals surface area contributed by atoms with Gasteiger partial charge >= 0.3 is 0 Å². The molecule has 2 heterocycles. The van der Waals surface area contributed by atoms with Crippen LogP contribution in [0.15, 0.2) is 77.7 Å². The number of aryl methyl sites for hydroxylation is 1. The van der Waals surface area contributed by atoms with Crippen LogP contribution < -0.4 is 14.4 Å². The van der Waals surface area contributed by atoms with Crippen LogP contribution in [0.5, 0.6) is 5.75 Å². The van der Waals surface area contributed by atoms with E-state index in [1.807, 2.05) is 19.1 Å². The van der Waals surface area contributed by atoms with E-state index in [9.17, 15) is 13.2 Å². The summed E-state index contributed by atoms with van der Waals surface area (Å²) in [5.41, 5.74) is 3.63. The number of benzene rings is 3. The van der Waals surface area contributed by atoms with Crippen molar-refractivity contribution in [3.63, 3.8) is 0 Å². The molecule has 0 spiro atoms. The summed E-state index contributed by atoms with van der Waals surface area (Å²) >= 11 is 0. The van der Waals surface area contributed by atoms with Gasteiger partial charge < -0.3 is 10.1 Å². The molecule has 37 heavy (non-hydrogen) atoms. The van der Waals surface area contributed by atoms with Crippen LogP contribution >= 0.6 is 0 Å². The smallest absolute Gasteiger partial charge is 0.264 e. The standard InChI is InChI=1S/C29H33N3O4S/c1-22-12-14-25(15-13-22)37(34,35)32-21-28(36-27-11-4-3-10-26(27)32)29(33)30-19-23-8-7-9-24(18-23)20-31-16-5-2-6-17-31/h3-4,7-15,18,28H,2,5-6,16-17,19-21H2,1H3,(H,30,33)/t28-/m0/s1. The third-order valence-corrected chi connectivity index (χ3v) is 8.74. The first-order valence-corrected chi connectivity index (χ1v) is 14.3. The Labute approximate surface area is 219 Å². The van der Waals surface area contributed by atoms with E-state index in [4.69, 9.17) is 4.74 Å². The Kier molecular flexibility index (Phi) is 7.48. The van der Waals surface area contributed by atoms with Gasteiger partial charge in [0.1, 0.15) is 5.75 Å². The van der Waals surface area contributed by atoms with E-state index in [0.717, 1.165) is 30.8 Å². The SMILES string of the molecule is Cc1ccc(S(=O)(=O)N2C[C@@H](C(=O)NCc3cccc(CN4CCCCC4)c3)Oc3ccccc32)cc1. The van der Waals surface area contributed by atoms with Gasteiger partial charge in [-0.3, -0.25) is 14.0 Å². The molecule has 0 saturated carbocycles. The van der Waals surface area contributed by atoms with Gasteiger partial charge in [0, 0.05) is 13.1 Å². The van der Waals surface area contributed by atoms with E-state index in [1.165, 1.54) is 29.1 Å². The summed E-state index contributed by atoms with van der Waals surface area (Å²) in [5, 5.41) is 2.95. The number of para-hydroxylation sites is 2. The predicted octanol–water partition coefficient (Wildman–Crippen LogP) is 4.25. The summed E-state index contributed by atoms with van der Waals surface area (Å²) in [6.45, 7) is 5.32. The molecule has 3 aromatic carbocycles. The topological polar surface area (TPSA) is 79.0 Å². The number of rotatable bonds is 7. The Balaban J connectivity index is 1.29. The second-order valence-corrected chi connectivity index (χ2v) is 11.7. The van der Waals surface area contributed by atoms with Crippen LogP contribution in [0.1, 0.15) is 36.0 Å². The second kappa shape index (κ2) is 10.9. The van der Waals surface area contributed by atoms with Crippen molar-refractivity contribution in [3.8, 4) is 5.75 Å². The molecule has 1 amide bonds. The minimum atomic E-state index is -3.88. The molecule has 194 valence electrons. The highest BCUT2D eigenvalue weighted by atomic mass is 32.2. The van der Waals surface area contributed by atoms with Crippen LogP contribution in [0.4, 0.5) is 5.69 Å². The maximum atomic E-state index is 13.5. The first-order valence-electron chi connectivity index (χ1n) is 12.8. The van der Waals surface area contributed by atoms with Gasteiger partial charge in [0.05, 0.1) is 17.1 Å². The highest BCUT2D eigenvalue weighted by Gasteiger charge is 2.37. The zero-order valence-electron chi connectivity index (χ0n) is 21.1. The van der Waals surface area contributed by atoms with Crippen molar-refractivity contribution in [2.45, 2.75) is 50.3 Å². The highest BCUT2D eigenvalue weighted by molar-refractivity contribution is 7.92. The van der Waals surface area contributed by atoms with Gasteiger partial charge in [-0.05, 0) is 68.2 Å². The number of carbonyl (C=O) groups is 1. The molecule has 2 aliphatic heterocycles. The summed E-state index contributed by atoms with van der Waals surface area (Å²) < 4.78 is 34.3. The Morgan fingerprint density at radius 1 is 0.946 bits per heavy atom. The number of amides is 1. The number of sulfonamides is 1. The van der Waals surface area contributed by atoms with Crippen LogP contribution in [-0.2, 0) is 27.9 Å². The average Bonchev–Trinajstić information content (AvgIpc) is 2.92. The third kappa shape index (κ3) is 5.81. The number of piperidine rings is 1. The minimum absolute atomic E-state index is 0.103. The fraction of sp³-hybridized carbons (Fsp3) is 0.345. The number of likely N-dealkylation sites (tertiary alicyclic amines) is 1. The van der Waals surface area contributed by atoms with Crippen molar-refractivity contribution in [1.82, 2.24) is 10.2 Å². The number of anilines is 1. The predicted molar refractivity (Wildman–Crippen MR) is 144 cm³/mol. The van der Waals surface area contributed by atoms with Crippen LogP contribution in [0.2, 0.25) is 0 Å². The van der Waals surface area contributed by atoms with Crippen molar-refractivity contribution >= 4 is 21.6 Å². The molecule has 0 radical (unpaired) electrons. The fourth-order valence-electron chi connectivity index (χ4n) is 4.92. The van der Waals surface area contributed by atoms with Gasteiger partial charge in [-0.15, -0.1) is 0 Å². The maximum absolute atomic E-state index is 13.5. The summed E-state index contributed by atoms with van der Waals surface area (Å²) in [7, 11) is -3.88. The Morgan fingerprint density at radius 3 is 2.46 bits per heavy atom. The average molecular weight is 520 g/mol. The third-order valence-electron chi connectivity index (χ3n) is 6.95. The minimum Gasteiger partial charge on any atom is -0.476 e. The number of nitrogens with one attached hydrogen (secondary N) is 1. The lowest BCUT2D eigenvalue weighted by atomic mass is 10.1. The van der Waals surface area contributed by atoms with Crippen LogP contribution in [0, 0.1) is 6.92 Å². The number of ether oxygens (including phenoxy) is 1. The normalized spacial score (nSPS) is 18.1. The first-order chi connectivity index (χ1) is 17.9. The van der Waals surface area contributed by atoms with E-state index in [-0.39, 0.29) is 17.3 Å².